The van der Waals surface area contributed by atoms with Crippen LogP contribution in [-0.4, -0.2) is 10.8 Å². The maximum atomic E-state index is 12.6. The van der Waals surface area contributed by atoms with Gasteiger partial charge in [-0.1, -0.05) is 48.2 Å². The number of carbonyl (C=O) groups excluding carboxylic acids is 1. The number of amides is 1. The Morgan fingerprint density at radius 3 is 2.65 bits per heavy atom. The lowest BCUT2D eigenvalue weighted by molar-refractivity contribution is 0.0811. The summed E-state index contributed by atoms with van der Waals surface area (Å²) in [6.45, 7) is 2.68. The van der Waals surface area contributed by atoms with E-state index < -0.39 is 0 Å². The van der Waals surface area contributed by atoms with Gasteiger partial charge in [0, 0.05) is 11.1 Å². The highest BCUT2D eigenvalue weighted by atomic mass is 32.2. The summed E-state index contributed by atoms with van der Waals surface area (Å²) in [4.78, 5) is 15.4. The number of nitrogens with zero attached hydrogens (tertiary/aromatic N) is 1. The van der Waals surface area contributed by atoms with Crippen molar-refractivity contribution in [2.75, 3.05) is 0 Å². The van der Waals surface area contributed by atoms with Crippen molar-refractivity contribution in [3.8, 4) is 0 Å². The van der Waals surface area contributed by atoms with Crippen LogP contribution < -0.4 is 0 Å². The molecule has 1 aliphatic heterocycles. The molecule has 2 nitrogen and oxygen atoms in total. The highest BCUT2D eigenvalue weighted by Gasteiger charge is 2.20. The van der Waals surface area contributed by atoms with Gasteiger partial charge in [-0.2, -0.15) is 0 Å². The van der Waals surface area contributed by atoms with Crippen LogP contribution in [-0.2, 0) is 6.54 Å². The summed E-state index contributed by atoms with van der Waals surface area (Å²) in [5.41, 5.74) is 3.16. The van der Waals surface area contributed by atoms with E-state index in [1.54, 1.807) is 16.7 Å². The van der Waals surface area contributed by atoms with Gasteiger partial charge >= 0.3 is 0 Å². The molecule has 0 saturated carbocycles. The highest BCUT2D eigenvalue weighted by Crippen LogP contribution is 2.28. The van der Waals surface area contributed by atoms with Gasteiger partial charge in [-0.05, 0) is 35.6 Å². The van der Waals surface area contributed by atoms with E-state index >= 15 is 0 Å². The van der Waals surface area contributed by atoms with Gasteiger partial charge in [0.15, 0.2) is 0 Å². The monoisotopic (exact) mass is 281 g/mol. The summed E-state index contributed by atoms with van der Waals surface area (Å²) >= 11 is 1.59. The Kier molecular flexibility index (Phi) is 3.61. The van der Waals surface area contributed by atoms with Crippen LogP contribution in [0.5, 0.6) is 0 Å². The van der Waals surface area contributed by atoms with Crippen LogP contribution in [0.3, 0.4) is 0 Å². The van der Waals surface area contributed by atoms with Crippen LogP contribution in [0.4, 0.5) is 0 Å². The molecule has 100 valence electrons. The molecule has 0 atom stereocenters. The molecule has 1 heterocycles. The quantitative estimate of drug-likeness (QED) is 0.821. The maximum Gasteiger partial charge on any atom is 0.259 e. The number of benzene rings is 2. The highest BCUT2D eigenvalue weighted by molar-refractivity contribution is 8.02. The molecule has 0 spiro atoms. The molecule has 2 aromatic carbocycles. The van der Waals surface area contributed by atoms with Crippen molar-refractivity contribution in [1.29, 1.82) is 0 Å². The Hall–Kier alpha value is -2.00. The fourth-order valence-corrected chi connectivity index (χ4v) is 3.04. The Morgan fingerprint density at radius 1 is 1.05 bits per heavy atom. The largest absolute Gasteiger partial charge is 0.310 e. The average molecular weight is 281 g/mol. The third kappa shape index (κ3) is 2.49. The number of aryl methyl sites for hydroxylation is 1. The smallest absolute Gasteiger partial charge is 0.259 e. The number of hydrogen-bond acceptors (Lipinski definition) is 2. The van der Waals surface area contributed by atoms with E-state index in [4.69, 9.17) is 0 Å². The topological polar surface area (TPSA) is 20.3 Å². The normalized spacial score (nSPS) is 14.1. The van der Waals surface area contributed by atoms with Crippen molar-refractivity contribution in [1.82, 2.24) is 4.90 Å². The molecular weight excluding hydrogens is 266 g/mol. The molecular formula is C17H15NOS. The minimum atomic E-state index is 0.0603. The van der Waals surface area contributed by atoms with Crippen molar-refractivity contribution in [2.24, 2.45) is 0 Å². The van der Waals surface area contributed by atoms with Crippen LogP contribution in [0.15, 0.2) is 65.0 Å². The molecule has 0 N–H and O–H groups in total. The van der Waals surface area contributed by atoms with E-state index in [1.807, 2.05) is 48.0 Å². The number of hydrogen-bond donors (Lipinski definition) is 0. The summed E-state index contributed by atoms with van der Waals surface area (Å²) in [5.74, 6) is 0.0603. The number of carbonyl (C=O) groups is 1. The van der Waals surface area contributed by atoms with Gasteiger partial charge < -0.3 is 4.90 Å². The molecule has 0 radical (unpaired) electrons. The predicted octanol–water partition coefficient (Wildman–Crippen LogP) is 4.21. The molecule has 2 aromatic rings. The van der Waals surface area contributed by atoms with E-state index in [-0.39, 0.29) is 5.91 Å². The predicted molar refractivity (Wildman–Crippen MR) is 82.5 cm³/mol. The summed E-state index contributed by atoms with van der Waals surface area (Å²) in [6, 6.07) is 15.9. The molecule has 1 aliphatic rings. The molecule has 0 unspecified atom stereocenters. The Morgan fingerprint density at radius 2 is 1.80 bits per heavy atom. The van der Waals surface area contributed by atoms with Gasteiger partial charge in [-0.3, -0.25) is 4.79 Å². The second-order valence-corrected chi connectivity index (χ2v) is 5.71. The van der Waals surface area contributed by atoms with Crippen LogP contribution >= 0.6 is 11.8 Å². The minimum Gasteiger partial charge on any atom is -0.310 e. The second-order valence-electron chi connectivity index (χ2n) is 4.76. The molecule has 0 aromatic heterocycles. The van der Waals surface area contributed by atoms with Gasteiger partial charge in [0.25, 0.3) is 5.91 Å². The first-order chi connectivity index (χ1) is 9.75. The molecule has 0 aliphatic carbocycles. The van der Waals surface area contributed by atoms with Crippen LogP contribution in [0, 0.1) is 6.92 Å². The zero-order valence-corrected chi connectivity index (χ0v) is 12.1. The molecule has 0 fully saturated rings. The van der Waals surface area contributed by atoms with Gasteiger partial charge in [-0.25, -0.2) is 0 Å². The molecule has 0 saturated heterocycles. The zero-order chi connectivity index (χ0) is 13.9. The maximum absolute atomic E-state index is 12.6. The Labute approximate surface area is 123 Å². The standard InChI is InChI=1S/C17H15NOS/c1-13-6-2-3-7-14(13)12-18-10-11-20-16-9-5-4-8-15(16)17(18)19/h2-11H,12H2,1H3. The first kappa shape index (κ1) is 13.0. The van der Waals surface area contributed by atoms with Crippen molar-refractivity contribution < 1.29 is 4.79 Å². The lowest BCUT2D eigenvalue weighted by Crippen LogP contribution is -2.25. The summed E-state index contributed by atoms with van der Waals surface area (Å²) in [6.07, 6.45) is 1.87. The van der Waals surface area contributed by atoms with Gasteiger partial charge in [-0.15, -0.1) is 0 Å². The molecule has 3 heteroatoms. The number of thioether (sulfide) groups is 1. The van der Waals surface area contributed by atoms with Crippen LogP contribution in [0.25, 0.3) is 0 Å². The van der Waals surface area contributed by atoms with Crippen molar-refractivity contribution >= 4 is 17.7 Å². The zero-order valence-electron chi connectivity index (χ0n) is 11.2. The van der Waals surface area contributed by atoms with Crippen molar-refractivity contribution in [3.63, 3.8) is 0 Å². The molecule has 3 rings (SSSR count). The van der Waals surface area contributed by atoms with Crippen molar-refractivity contribution in [2.45, 2.75) is 18.4 Å². The molecule has 0 bridgehead atoms. The summed E-state index contributed by atoms with van der Waals surface area (Å²) < 4.78 is 0. The van der Waals surface area contributed by atoms with Gasteiger partial charge in [0.1, 0.15) is 0 Å². The lowest BCUT2D eigenvalue weighted by atomic mass is 10.1. The summed E-state index contributed by atoms with van der Waals surface area (Å²) in [7, 11) is 0. The first-order valence-electron chi connectivity index (χ1n) is 6.53. The summed E-state index contributed by atoms with van der Waals surface area (Å²) in [5, 5.41) is 1.97. The minimum absolute atomic E-state index is 0.0603. The Balaban J connectivity index is 1.92. The van der Waals surface area contributed by atoms with Gasteiger partial charge in [0.2, 0.25) is 0 Å². The van der Waals surface area contributed by atoms with Crippen molar-refractivity contribution in [3.05, 3.63) is 76.8 Å². The van der Waals surface area contributed by atoms with E-state index in [0.717, 1.165) is 10.5 Å². The third-order valence-corrected chi connectivity index (χ3v) is 4.28. The fraction of sp³-hybridized carbons (Fsp3) is 0.118. The first-order valence-corrected chi connectivity index (χ1v) is 7.41. The van der Waals surface area contributed by atoms with E-state index in [9.17, 15) is 4.79 Å². The second kappa shape index (κ2) is 5.55. The van der Waals surface area contributed by atoms with E-state index in [2.05, 4.69) is 19.1 Å². The van der Waals surface area contributed by atoms with Crippen LogP contribution in [0.2, 0.25) is 0 Å². The van der Waals surface area contributed by atoms with E-state index in [0.29, 0.717) is 6.54 Å². The Bertz CT molecular complexity index is 678. The lowest BCUT2D eigenvalue weighted by Gasteiger charge is -2.19. The van der Waals surface area contributed by atoms with Gasteiger partial charge in [0.05, 0.1) is 12.1 Å². The average Bonchev–Trinajstić information content (AvgIpc) is 2.62. The third-order valence-electron chi connectivity index (χ3n) is 3.42. The van der Waals surface area contributed by atoms with Crippen LogP contribution in [0.1, 0.15) is 21.5 Å². The fourth-order valence-electron chi connectivity index (χ4n) is 2.24. The molecule has 20 heavy (non-hydrogen) atoms. The number of rotatable bonds is 2. The molecule has 1 amide bonds. The van der Waals surface area contributed by atoms with E-state index in [1.165, 1.54) is 11.1 Å². The SMILES string of the molecule is Cc1ccccc1CN1C=CSc2ccccc2C1=O. The number of fused-ring (bicyclic) bond motifs is 1.